The van der Waals surface area contributed by atoms with Crippen molar-refractivity contribution < 1.29 is 24.2 Å². The van der Waals surface area contributed by atoms with Crippen LogP contribution in [0.2, 0.25) is 5.02 Å². The van der Waals surface area contributed by atoms with Gasteiger partial charge >= 0.3 is 5.91 Å². The standard InChI is InChI=1S/C32H31ClN2O5S/c1-17(2)12-13-40-24-11-8-20(15-25(24)39-5)28-27(29(36)22-14-18(3)6-7-19(22)4)30(37)31(38)35(28)32-34-23-10-9-21(33)16-26(23)41-32/h6-11,14-17,28,36H,12-13H2,1-5H3/b29-27+. The summed E-state index contributed by atoms with van der Waals surface area (Å²) in [5, 5.41) is 12.5. The molecule has 1 aromatic heterocycles. The second-order valence-corrected chi connectivity index (χ2v) is 12.0. The topological polar surface area (TPSA) is 89.0 Å². The van der Waals surface area contributed by atoms with Gasteiger partial charge in [-0.1, -0.05) is 60.5 Å². The molecule has 1 saturated heterocycles. The molecule has 1 atom stereocenters. The lowest BCUT2D eigenvalue weighted by atomic mass is 9.93. The molecule has 1 unspecified atom stereocenters. The van der Waals surface area contributed by atoms with Gasteiger partial charge in [0.05, 0.1) is 35.5 Å². The lowest BCUT2D eigenvalue weighted by molar-refractivity contribution is -0.132. The van der Waals surface area contributed by atoms with Crippen molar-refractivity contribution in [1.29, 1.82) is 0 Å². The summed E-state index contributed by atoms with van der Waals surface area (Å²) in [5.74, 6) is -0.311. The third-order valence-electron chi connectivity index (χ3n) is 7.09. The summed E-state index contributed by atoms with van der Waals surface area (Å²) >= 11 is 7.46. The van der Waals surface area contributed by atoms with E-state index >= 15 is 0 Å². The van der Waals surface area contributed by atoms with Crippen molar-refractivity contribution in [1.82, 2.24) is 4.98 Å². The fourth-order valence-corrected chi connectivity index (χ4v) is 6.12. The second kappa shape index (κ2) is 11.5. The van der Waals surface area contributed by atoms with Crippen LogP contribution in [0.25, 0.3) is 16.0 Å². The first-order chi connectivity index (χ1) is 19.6. The predicted octanol–water partition coefficient (Wildman–Crippen LogP) is 7.63. The molecule has 4 aromatic rings. The maximum absolute atomic E-state index is 13.7. The first-order valence-corrected chi connectivity index (χ1v) is 14.5. The summed E-state index contributed by atoms with van der Waals surface area (Å²) in [7, 11) is 1.54. The highest BCUT2D eigenvalue weighted by Gasteiger charge is 2.48. The van der Waals surface area contributed by atoms with Gasteiger partial charge in [-0.15, -0.1) is 0 Å². The number of Topliss-reactive ketones (excluding diaryl/α,β-unsaturated/α-hetero) is 1. The Bertz CT molecular complexity index is 1690. The molecule has 1 N–H and O–H groups in total. The van der Waals surface area contributed by atoms with Crippen LogP contribution in [0.1, 0.15) is 48.6 Å². The number of aliphatic hydroxyl groups is 1. The van der Waals surface area contributed by atoms with Crippen molar-refractivity contribution in [2.24, 2.45) is 5.92 Å². The molecule has 1 amide bonds. The first kappa shape index (κ1) is 28.6. The number of halogens is 1. The van der Waals surface area contributed by atoms with Crippen LogP contribution >= 0.6 is 22.9 Å². The number of benzene rings is 3. The van der Waals surface area contributed by atoms with Crippen LogP contribution in [-0.2, 0) is 9.59 Å². The number of nitrogens with zero attached hydrogens (tertiary/aromatic N) is 2. The van der Waals surface area contributed by atoms with E-state index in [-0.39, 0.29) is 11.3 Å². The predicted molar refractivity (Wildman–Crippen MR) is 163 cm³/mol. The average Bonchev–Trinajstić information content (AvgIpc) is 3.47. The number of aromatic nitrogens is 1. The van der Waals surface area contributed by atoms with Crippen molar-refractivity contribution in [2.45, 2.75) is 40.2 Å². The second-order valence-electron chi connectivity index (χ2n) is 10.5. The average molecular weight is 591 g/mol. The Labute approximate surface area is 248 Å². The van der Waals surface area contributed by atoms with Crippen molar-refractivity contribution >= 4 is 55.7 Å². The van der Waals surface area contributed by atoms with Crippen LogP contribution < -0.4 is 14.4 Å². The zero-order valence-corrected chi connectivity index (χ0v) is 25.1. The molecule has 2 heterocycles. The Morgan fingerprint density at radius 1 is 1.07 bits per heavy atom. The number of hydrogen-bond acceptors (Lipinski definition) is 7. The highest BCUT2D eigenvalue weighted by Crippen LogP contribution is 2.46. The molecule has 1 aliphatic heterocycles. The molecular formula is C32H31ClN2O5S. The largest absolute Gasteiger partial charge is 0.507 e. The number of rotatable bonds is 8. The van der Waals surface area contributed by atoms with E-state index < -0.39 is 17.7 Å². The fraction of sp³-hybridized carbons (Fsp3) is 0.281. The number of carbonyl (C=O) groups is 2. The lowest BCUT2D eigenvalue weighted by Gasteiger charge is -2.24. The van der Waals surface area contributed by atoms with Gasteiger partial charge in [-0.3, -0.25) is 14.5 Å². The third kappa shape index (κ3) is 5.54. The number of aliphatic hydroxyl groups excluding tert-OH is 1. The molecule has 7 nitrogen and oxygen atoms in total. The van der Waals surface area contributed by atoms with Crippen molar-refractivity contribution in [3.63, 3.8) is 0 Å². The fourth-order valence-electron chi connectivity index (χ4n) is 4.85. The summed E-state index contributed by atoms with van der Waals surface area (Å²) in [6, 6.07) is 15.2. The summed E-state index contributed by atoms with van der Waals surface area (Å²) in [6.07, 6.45) is 0.878. The number of methoxy groups -OCH3 is 1. The van der Waals surface area contributed by atoms with Gasteiger partial charge in [-0.25, -0.2) is 4.98 Å². The molecule has 1 aliphatic rings. The molecule has 9 heteroatoms. The van der Waals surface area contributed by atoms with Crippen LogP contribution in [0.5, 0.6) is 11.5 Å². The SMILES string of the molecule is COc1cc(C2/C(=C(\O)c3cc(C)ccc3C)C(=O)C(=O)N2c2nc3ccc(Cl)cc3s2)ccc1OCCC(C)C. The highest BCUT2D eigenvalue weighted by atomic mass is 35.5. The molecule has 0 saturated carbocycles. The van der Waals surface area contributed by atoms with Crippen LogP contribution in [-0.4, -0.2) is 35.5 Å². The Morgan fingerprint density at radius 2 is 1.85 bits per heavy atom. The summed E-state index contributed by atoms with van der Waals surface area (Å²) in [4.78, 5) is 33.4. The first-order valence-electron chi connectivity index (χ1n) is 13.3. The maximum Gasteiger partial charge on any atom is 0.301 e. The van der Waals surface area contributed by atoms with Crippen molar-refractivity contribution in [2.75, 3.05) is 18.6 Å². The number of carbonyl (C=O) groups excluding carboxylic acids is 2. The van der Waals surface area contributed by atoms with Crippen LogP contribution in [0.15, 0.2) is 60.2 Å². The van der Waals surface area contributed by atoms with E-state index in [1.54, 1.807) is 49.6 Å². The van der Waals surface area contributed by atoms with Gasteiger partial charge in [-0.05, 0) is 73.7 Å². The number of fused-ring (bicyclic) bond motifs is 1. The Morgan fingerprint density at radius 3 is 2.59 bits per heavy atom. The lowest BCUT2D eigenvalue weighted by Crippen LogP contribution is -2.29. The zero-order chi connectivity index (χ0) is 29.4. The van der Waals surface area contributed by atoms with Crippen molar-refractivity contribution in [3.8, 4) is 11.5 Å². The molecule has 1 fully saturated rings. The van der Waals surface area contributed by atoms with E-state index in [0.717, 1.165) is 22.2 Å². The number of anilines is 1. The third-order valence-corrected chi connectivity index (χ3v) is 8.35. The number of ether oxygens (including phenoxy) is 2. The van der Waals surface area contributed by atoms with Crippen LogP contribution in [0.4, 0.5) is 5.13 Å². The smallest absolute Gasteiger partial charge is 0.301 e. The minimum atomic E-state index is -0.954. The Balaban J connectivity index is 1.69. The molecule has 0 radical (unpaired) electrons. The van der Waals surface area contributed by atoms with Gasteiger partial charge in [0, 0.05) is 10.6 Å². The summed E-state index contributed by atoms with van der Waals surface area (Å²) in [6.45, 7) is 8.52. The van der Waals surface area contributed by atoms with Crippen molar-refractivity contribution in [3.05, 3.63) is 87.4 Å². The van der Waals surface area contributed by atoms with Gasteiger partial charge in [0.1, 0.15) is 5.76 Å². The Hall–Kier alpha value is -3.88. The normalized spacial score (nSPS) is 16.7. The number of amides is 1. The zero-order valence-electron chi connectivity index (χ0n) is 23.5. The molecule has 5 rings (SSSR count). The number of thiazole rings is 1. The minimum Gasteiger partial charge on any atom is -0.507 e. The van der Waals surface area contributed by atoms with Gasteiger partial charge in [0.25, 0.3) is 5.78 Å². The summed E-state index contributed by atoms with van der Waals surface area (Å²) < 4.78 is 12.4. The molecular weight excluding hydrogens is 560 g/mol. The molecule has 41 heavy (non-hydrogen) atoms. The van der Waals surface area contributed by atoms with E-state index in [1.807, 2.05) is 26.0 Å². The van der Waals surface area contributed by atoms with Gasteiger partial charge in [0.15, 0.2) is 16.6 Å². The quantitative estimate of drug-likeness (QED) is 0.129. The minimum absolute atomic E-state index is 0.0171. The van der Waals surface area contributed by atoms with E-state index in [4.69, 9.17) is 21.1 Å². The van der Waals surface area contributed by atoms with Crippen LogP contribution in [0, 0.1) is 19.8 Å². The molecule has 0 bridgehead atoms. The monoisotopic (exact) mass is 590 g/mol. The van der Waals surface area contributed by atoms with E-state index in [1.165, 1.54) is 16.2 Å². The van der Waals surface area contributed by atoms with E-state index in [2.05, 4.69) is 18.8 Å². The maximum atomic E-state index is 13.7. The Kier molecular flexibility index (Phi) is 8.07. The molecule has 212 valence electrons. The van der Waals surface area contributed by atoms with E-state index in [0.29, 0.717) is 50.8 Å². The molecule has 3 aromatic carbocycles. The number of hydrogen-bond donors (Lipinski definition) is 1. The molecule has 0 aliphatic carbocycles. The highest BCUT2D eigenvalue weighted by molar-refractivity contribution is 7.22. The number of aryl methyl sites for hydroxylation is 2. The van der Waals surface area contributed by atoms with Gasteiger partial charge in [-0.2, -0.15) is 0 Å². The number of ketones is 1. The van der Waals surface area contributed by atoms with Gasteiger partial charge in [0.2, 0.25) is 0 Å². The summed E-state index contributed by atoms with van der Waals surface area (Å²) in [5.41, 5.74) is 3.38. The molecule has 0 spiro atoms. The van der Waals surface area contributed by atoms with Crippen LogP contribution in [0.3, 0.4) is 0 Å². The van der Waals surface area contributed by atoms with Gasteiger partial charge < -0.3 is 14.6 Å². The van der Waals surface area contributed by atoms with E-state index in [9.17, 15) is 14.7 Å².